The molecule has 0 atom stereocenters. The molecule has 4 aromatic rings. The molecule has 0 aliphatic carbocycles. The molecule has 0 amide bonds. The number of ether oxygens (including phenoxy) is 1. The Morgan fingerprint density at radius 2 is 1.44 bits per heavy atom. The average Bonchev–Trinajstić information content (AvgIpc) is 3.31. The van der Waals surface area contributed by atoms with Crippen LogP contribution in [0.1, 0.15) is 27.3 Å². The van der Waals surface area contributed by atoms with Crippen LogP contribution in [-0.4, -0.2) is 25.4 Å². The first-order valence-corrected chi connectivity index (χ1v) is 10.9. The molecule has 0 saturated carbocycles. The van der Waals surface area contributed by atoms with Crippen molar-refractivity contribution in [1.29, 1.82) is 0 Å². The van der Waals surface area contributed by atoms with Gasteiger partial charge in [0.2, 0.25) is 0 Å². The Bertz CT molecular complexity index is 1450. The summed E-state index contributed by atoms with van der Waals surface area (Å²) in [7, 11) is 0. The highest BCUT2D eigenvalue weighted by Gasteiger charge is 2.16. The number of hydrogen-bond acceptors (Lipinski definition) is 7. The van der Waals surface area contributed by atoms with Gasteiger partial charge in [0.1, 0.15) is 11.6 Å². The number of rotatable bonds is 8. The van der Waals surface area contributed by atoms with Gasteiger partial charge in [-0.1, -0.05) is 23.7 Å². The number of nitro benzene ring substituents is 2. The number of non-ortho nitro benzene ring substituents is 2. The minimum absolute atomic E-state index is 0.0943. The van der Waals surface area contributed by atoms with E-state index in [0.29, 0.717) is 23.0 Å². The van der Waals surface area contributed by atoms with Crippen LogP contribution in [0.15, 0.2) is 85.2 Å². The van der Waals surface area contributed by atoms with Gasteiger partial charge in [-0.15, -0.1) is 0 Å². The van der Waals surface area contributed by atoms with Crippen molar-refractivity contribution in [3.8, 4) is 0 Å². The van der Waals surface area contributed by atoms with Gasteiger partial charge in [-0.2, -0.15) is 0 Å². The van der Waals surface area contributed by atoms with Gasteiger partial charge in [0, 0.05) is 59.9 Å². The first kappa shape index (κ1) is 24.3. The van der Waals surface area contributed by atoms with Crippen molar-refractivity contribution >= 4 is 40.8 Å². The van der Waals surface area contributed by atoms with Gasteiger partial charge in [-0.25, -0.2) is 9.78 Å². The van der Waals surface area contributed by atoms with Crippen LogP contribution in [0, 0.1) is 20.2 Å². The maximum atomic E-state index is 12.8. The quantitative estimate of drug-likeness (QED) is 0.129. The number of imidazole rings is 1. The Balaban J connectivity index is 1.67. The Morgan fingerprint density at radius 1 is 0.889 bits per heavy atom. The predicted octanol–water partition coefficient (Wildman–Crippen LogP) is 5.76. The molecule has 36 heavy (non-hydrogen) atoms. The second kappa shape index (κ2) is 10.6. The van der Waals surface area contributed by atoms with Crippen molar-refractivity contribution in [2.75, 3.05) is 0 Å². The van der Waals surface area contributed by atoms with Crippen LogP contribution >= 0.6 is 11.6 Å². The second-order valence-corrected chi connectivity index (χ2v) is 7.98. The third kappa shape index (κ3) is 5.80. The molecule has 0 aliphatic rings. The number of carbonyl (C=O) groups excluding carboxylic acids is 1. The molecule has 1 heterocycles. The largest absolute Gasteiger partial charge is 0.422 e. The third-order valence-electron chi connectivity index (χ3n) is 5.15. The number of benzene rings is 3. The van der Waals surface area contributed by atoms with Crippen LogP contribution in [0.3, 0.4) is 0 Å². The zero-order valence-electron chi connectivity index (χ0n) is 18.5. The maximum absolute atomic E-state index is 12.8. The summed E-state index contributed by atoms with van der Waals surface area (Å²) in [5.41, 5.74) is 1.17. The van der Waals surface area contributed by atoms with E-state index in [1.807, 2.05) is 16.7 Å². The molecule has 0 aliphatic heterocycles. The minimum Gasteiger partial charge on any atom is -0.422 e. The van der Waals surface area contributed by atoms with Gasteiger partial charge in [0.05, 0.1) is 15.4 Å². The highest BCUT2D eigenvalue weighted by atomic mass is 35.5. The first-order chi connectivity index (χ1) is 17.3. The zero-order valence-corrected chi connectivity index (χ0v) is 19.2. The molecule has 10 nitrogen and oxygen atoms in total. The monoisotopic (exact) mass is 504 g/mol. The molecule has 0 unspecified atom stereocenters. The lowest BCUT2D eigenvalue weighted by atomic mass is 10.1. The topological polar surface area (TPSA) is 130 Å². The highest BCUT2D eigenvalue weighted by molar-refractivity contribution is 6.30. The summed E-state index contributed by atoms with van der Waals surface area (Å²) in [6.45, 7) is 0.465. The zero-order chi connectivity index (χ0) is 25.7. The van der Waals surface area contributed by atoms with E-state index < -0.39 is 15.8 Å². The smallest absolute Gasteiger partial charge is 0.343 e. The van der Waals surface area contributed by atoms with Crippen LogP contribution in [0.25, 0.3) is 11.8 Å². The Morgan fingerprint density at radius 3 is 2.00 bits per heavy atom. The molecule has 180 valence electrons. The molecular weight excluding hydrogens is 488 g/mol. The highest BCUT2D eigenvalue weighted by Crippen LogP contribution is 2.24. The molecule has 0 saturated heterocycles. The summed E-state index contributed by atoms with van der Waals surface area (Å²) in [5, 5.41) is 22.6. The summed E-state index contributed by atoms with van der Waals surface area (Å²) in [6, 6.07) is 17.8. The fourth-order valence-corrected chi connectivity index (χ4v) is 3.42. The van der Waals surface area contributed by atoms with Crippen LogP contribution in [0.5, 0.6) is 0 Å². The maximum Gasteiger partial charge on any atom is 0.343 e. The van der Waals surface area contributed by atoms with Crippen molar-refractivity contribution < 1.29 is 19.4 Å². The number of hydrogen-bond donors (Lipinski definition) is 0. The number of carbonyl (C=O) groups is 1. The van der Waals surface area contributed by atoms with Crippen molar-refractivity contribution in [1.82, 2.24) is 9.55 Å². The molecule has 0 N–H and O–H groups in total. The molecule has 0 bridgehead atoms. The van der Waals surface area contributed by atoms with E-state index in [-0.39, 0.29) is 22.7 Å². The Hall–Kier alpha value is -4.83. The van der Waals surface area contributed by atoms with Crippen LogP contribution in [0.4, 0.5) is 11.4 Å². The lowest BCUT2D eigenvalue weighted by molar-refractivity contribution is -0.385. The summed E-state index contributed by atoms with van der Waals surface area (Å²) in [5.74, 6) is -0.197. The lowest BCUT2D eigenvalue weighted by Gasteiger charge is -2.11. The van der Waals surface area contributed by atoms with Gasteiger partial charge >= 0.3 is 5.97 Å². The Labute approximate surface area is 209 Å². The number of halogens is 1. The molecule has 11 heteroatoms. The number of nitro groups is 2. The van der Waals surface area contributed by atoms with Crippen molar-refractivity contribution in [2.24, 2.45) is 0 Å². The fraction of sp³-hybridized carbons (Fsp3) is 0.0400. The molecule has 0 fully saturated rings. The van der Waals surface area contributed by atoms with E-state index in [2.05, 4.69) is 4.98 Å². The number of nitrogens with zero attached hydrogens (tertiary/aromatic N) is 4. The Kier molecular flexibility index (Phi) is 7.17. The lowest BCUT2D eigenvalue weighted by Crippen LogP contribution is -2.06. The van der Waals surface area contributed by atoms with E-state index in [1.54, 1.807) is 30.6 Å². The van der Waals surface area contributed by atoms with Gasteiger partial charge < -0.3 is 9.30 Å². The van der Waals surface area contributed by atoms with Crippen LogP contribution in [0.2, 0.25) is 5.02 Å². The van der Waals surface area contributed by atoms with E-state index in [4.69, 9.17) is 16.3 Å². The summed E-state index contributed by atoms with van der Waals surface area (Å²) >= 11 is 5.96. The van der Waals surface area contributed by atoms with E-state index >= 15 is 0 Å². The molecule has 4 rings (SSSR count). The molecular formula is C25H17ClN4O6. The summed E-state index contributed by atoms with van der Waals surface area (Å²) in [6.07, 6.45) is 4.89. The molecule has 0 spiro atoms. The van der Waals surface area contributed by atoms with Crippen molar-refractivity contribution in [2.45, 2.75) is 6.54 Å². The normalized spacial score (nSPS) is 11.2. The van der Waals surface area contributed by atoms with E-state index in [1.165, 1.54) is 48.5 Å². The van der Waals surface area contributed by atoms with E-state index in [0.717, 1.165) is 5.56 Å². The van der Waals surface area contributed by atoms with E-state index in [9.17, 15) is 25.0 Å². The first-order valence-electron chi connectivity index (χ1n) is 10.5. The fourth-order valence-electron chi connectivity index (χ4n) is 3.30. The predicted molar refractivity (Wildman–Crippen MR) is 132 cm³/mol. The standard InChI is InChI=1S/C25H17ClN4O6/c26-20-7-1-17(2-8-20)16-28-14-13-27-24(28)15-23(18-3-9-21(10-4-18)29(32)33)36-25(31)19-5-11-22(12-6-19)30(34)35/h1-15H,16H2/b23-15+. The van der Waals surface area contributed by atoms with Gasteiger partial charge in [-0.05, 0) is 42.0 Å². The number of aromatic nitrogens is 2. The summed E-state index contributed by atoms with van der Waals surface area (Å²) < 4.78 is 7.46. The summed E-state index contributed by atoms with van der Waals surface area (Å²) in [4.78, 5) is 38.0. The SMILES string of the molecule is O=C(O/C(=C/c1nccn1Cc1ccc(Cl)cc1)c1ccc([N+](=O)[O-])cc1)c1ccc([N+](=O)[O-])cc1. The van der Waals surface area contributed by atoms with Gasteiger partial charge in [-0.3, -0.25) is 20.2 Å². The molecule has 1 aromatic heterocycles. The average molecular weight is 505 g/mol. The van der Waals surface area contributed by atoms with Crippen molar-refractivity contribution in [3.63, 3.8) is 0 Å². The third-order valence-corrected chi connectivity index (χ3v) is 5.41. The molecule has 3 aromatic carbocycles. The van der Waals surface area contributed by atoms with Crippen LogP contribution in [-0.2, 0) is 11.3 Å². The number of esters is 1. The van der Waals surface area contributed by atoms with Crippen molar-refractivity contribution in [3.05, 3.63) is 133 Å². The minimum atomic E-state index is -0.759. The van der Waals surface area contributed by atoms with Gasteiger partial charge in [0.25, 0.3) is 11.4 Å². The van der Waals surface area contributed by atoms with Crippen LogP contribution < -0.4 is 0 Å². The van der Waals surface area contributed by atoms with Gasteiger partial charge in [0.15, 0.2) is 0 Å². The second-order valence-electron chi connectivity index (χ2n) is 7.55. The molecule has 0 radical (unpaired) electrons.